The van der Waals surface area contributed by atoms with Crippen LogP contribution in [0.2, 0.25) is 0 Å². The number of carbonyl (C=O) groups is 1. The SMILES string of the molecule is COc1ccc(C(CNC(=O)c2cc(C)nc3c2nc2n3CCCCC2)N(C)C)cc1. The largest absolute Gasteiger partial charge is 0.497 e. The topological polar surface area (TPSA) is 72.3 Å². The molecule has 1 aliphatic rings. The fourth-order valence-corrected chi connectivity index (χ4v) is 4.30. The summed E-state index contributed by atoms with van der Waals surface area (Å²) in [5.74, 6) is 1.76. The maximum atomic E-state index is 13.2. The number of fused-ring (bicyclic) bond motifs is 3. The van der Waals surface area contributed by atoms with Gasteiger partial charge in [-0.2, -0.15) is 0 Å². The molecule has 0 spiro atoms. The van der Waals surface area contributed by atoms with Crippen LogP contribution in [0.15, 0.2) is 30.3 Å². The first-order valence-corrected chi connectivity index (χ1v) is 10.9. The predicted molar refractivity (Wildman–Crippen MR) is 122 cm³/mol. The molecule has 1 aliphatic heterocycles. The van der Waals surface area contributed by atoms with E-state index in [1.165, 1.54) is 6.42 Å². The lowest BCUT2D eigenvalue weighted by molar-refractivity contribution is 0.0943. The van der Waals surface area contributed by atoms with E-state index in [2.05, 4.69) is 14.8 Å². The van der Waals surface area contributed by atoms with Crippen LogP contribution >= 0.6 is 0 Å². The van der Waals surface area contributed by atoms with Crippen molar-refractivity contribution in [2.45, 2.75) is 45.2 Å². The highest BCUT2D eigenvalue weighted by molar-refractivity contribution is 6.04. The fraction of sp³-hybridized carbons (Fsp3) is 0.458. The Morgan fingerprint density at radius 3 is 2.68 bits per heavy atom. The second-order valence-corrected chi connectivity index (χ2v) is 8.44. The lowest BCUT2D eigenvalue weighted by Crippen LogP contribution is -2.34. The summed E-state index contributed by atoms with van der Waals surface area (Å²) in [6.45, 7) is 3.35. The highest BCUT2D eigenvalue weighted by Crippen LogP contribution is 2.25. The van der Waals surface area contributed by atoms with Crippen LogP contribution in [0.4, 0.5) is 0 Å². The Kier molecular flexibility index (Phi) is 6.23. The third-order valence-electron chi connectivity index (χ3n) is 6.02. The van der Waals surface area contributed by atoms with E-state index in [0.29, 0.717) is 17.6 Å². The van der Waals surface area contributed by atoms with E-state index < -0.39 is 0 Å². The quantitative estimate of drug-likeness (QED) is 0.659. The second-order valence-electron chi connectivity index (χ2n) is 8.44. The van der Waals surface area contributed by atoms with E-state index in [9.17, 15) is 4.79 Å². The third kappa shape index (κ3) is 4.42. The number of ether oxygens (including phenoxy) is 1. The van der Waals surface area contributed by atoms with Crippen LogP contribution in [0.1, 0.15) is 52.7 Å². The average Bonchev–Trinajstić information content (AvgIpc) is 2.94. The molecule has 164 valence electrons. The number of amides is 1. The van der Waals surface area contributed by atoms with Crippen molar-refractivity contribution in [3.63, 3.8) is 0 Å². The second kappa shape index (κ2) is 9.06. The summed E-state index contributed by atoms with van der Waals surface area (Å²) in [6.07, 6.45) is 4.41. The number of carbonyl (C=O) groups excluding carboxylic acids is 1. The number of nitrogens with one attached hydrogen (secondary N) is 1. The summed E-state index contributed by atoms with van der Waals surface area (Å²) in [6, 6.07) is 9.87. The third-order valence-corrected chi connectivity index (χ3v) is 6.02. The van der Waals surface area contributed by atoms with E-state index in [0.717, 1.165) is 54.3 Å². The lowest BCUT2D eigenvalue weighted by Gasteiger charge is -2.25. The molecule has 0 bridgehead atoms. The van der Waals surface area contributed by atoms with Crippen molar-refractivity contribution >= 4 is 17.1 Å². The molecule has 3 aromatic rings. The minimum Gasteiger partial charge on any atom is -0.497 e. The number of hydrogen-bond acceptors (Lipinski definition) is 5. The molecule has 0 radical (unpaired) electrons. The van der Waals surface area contributed by atoms with Crippen LogP contribution in [0.3, 0.4) is 0 Å². The van der Waals surface area contributed by atoms with Gasteiger partial charge in [0, 0.05) is 25.2 Å². The van der Waals surface area contributed by atoms with E-state index in [1.807, 2.05) is 51.4 Å². The van der Waals surface area contributed by atoms with Crippen LogP contribution in [-0.4, -0.2) is 53.1 Å². The number of hydrogen-bond donors (Lipinski definition) is 1. The van der Waals surface area contributed by atoms with Crippen molar-refractivity contribution in [3.8, 4) is 5.75 Å². The van der Waals surface area contributed by atoms with Crippen LogP contribution < -0.4 is 10.1 Å². The number of rotatable bonds is 6. The first-order chi connectivity index (χ1) is 15.0. The Hall–Kier alpha value is -2.93. The van der Waals surface area contributed by atoms with Crippen molar-refractivity contribution < 1.29 is 9.53 Å². The van der Waals surface area contributed by atoms with Gasteiger partial charge in [-0.1, -0.05) is 18.6 Å². The smallest absolute Gasteiger partial charge is 0.253 e. The molecule has 0 fully saturated rings. The molecule has 7 heteroatoms. The molecular formula is C24H31N5O2. The van der Waals surface area contributed by atoms with E-state index >= 15 is 0 Å². The summed E-state index contributed by atoms with van der Waals surface area (Å²) >= 11 is 0. The van der Waals surface area contributed by atoms with Gasteiger partial charge in [-0.3, -0.25) is 4.79 Å². The monoisotopic (exact) mass is 421 g/mol. The zero-order chi connectivity index (χ0) is 22.0. The molecule has 1 aromatic carbocycles. The predicted octanol–water partition coefficient (Wildman–Crippen LogP) is 3.51. The highest BCUT2D eigenvalue weighted by atomic mass is 16.5. The molecule has 31 heavy (non-hydrogen) atoms. The average molecular weight is 422 g/mol. The van der Waals surface area contributed by atoms with Crippen LogP contribution in [0, 0.1) is 6.92 Å². The van der Waals surface area contributed by atoms with Crippen molar-refractivity contribution in [3.05, 3.63) is 53.0 Å². The number of benzene rings is 1. The molecule has 0 saturated carbocycles. The zero-order valence-electron chi connectivity index (χ0n) is 18.8. The molecular weight excluding hydrogens is 390 g/mol. The van der Waals surface area contributed by atoms with E-state index in [4.69, 9.17) is 14.7 Å². The Morgan fingerprint density at radius 1 is 1.19 bits per heavy atom. The minimum absolute atomic E-state index is 0.0481. The molecule has 0 saturated heterocycles. The molecule has 1 N–H and O–H groups in total. The van der Waals surface area contributed by atoms with Gasteiger partial charge in [-0.25, -0.2) is 9.97 Å². The summed E-state index contributed by atoms with van der Waals surface area (Å²) in [7, 11) is 5.69. The maximum Gasteiger partial charge on any atom is 0.253 e. The normalized spacial score (nSPS) is 14.9. The number of likely N-dealkylation sites (N-methyl/N-ethyl adjacent to an activating group) is 1. The first kappa shape index (κ1) is 21.3. The number of methoxy groups -OCH3 is 1. The van der Waals surface area contributed by atoms with Crippen LogP contribution in [0.25, 0.3) is 11.2 Å². The van der Waals surface area contributed by atoms with Gasteiger partial charge in [0.05, 0.1) is 18.7 Å². The molecule has 1 amide bonds. The Labute approximate surface area is 183 Å². The van der Waals surface area contributed by atoms with Crippen LogP contribution in [0.5, 0.6) is 5.75 Å². The standard InChI is InChI=1S/C24H31N5O2/c1-16-14-19(22-23(26-16)29-13-7-5-6-8-21(29)27-22)24(30)25-15-20(28(2)3)17-9-11-18(31-4)12-10-17/h9-12,14,20H,5-8,13,15H2,1-4H3,(H,25,30). The van der Waals surface area contributed by atoms with Crippen molar-refractivity contribution in [2.24, 2.45) is 0 Å². The number of aryl methyl sites for hydroxylation is 3. The first-order valence-electron chi connectivity index (χ1n) is 10.9. The van der Waals surface area contributed by atoms with Gasteiger partial charge in [0.15, 0.2) is 5.65 Å². The number of nitrogens with zero attached hydrogens (tertiary/aromatic N) is 4. The van der Waals surface area contributed by atoms with Crippen LogP contribution in [-0.2, 0) is 13.0 Å². The summed E-state index contributed by atoms with van der Waals surface area (Å²) in [5, 5.41) is 3.13. The molecule has 0 aliphatic carbocycles. The molecule has 4 rings (SSSR count). The maximum absolute atomic E-state index is 13.2. The molecule has 3 heterocycles. The van der Waals surface area contributed by atoms with Crippen molar-refractivity contribution in [1.82, 2.24) is 24.8 Å². The molecule has 1 unspecified atom stereocenters. The highest BCUT2D eigenvalue weighted by Gasteiger charge is 2.22. The minimum atomic E-state index is -0.107. The Bertz CT molecular complexity index is 1070. The number of pyridine rings is 1. The zero-order valence-corrected chi connectivity index (χ0v) is 18.8. The van der Waals surface area contributed by atoms with E-state index in [-0.39, 0.29) is 11.9 Å². The van der Waals surface area contributed by atoms with Gasteiger partial charge in [0.25, 0.3) is 5.91 Å². The molecule has 7 nitrogen and oxygen atoms in total. The van der Waals surface area contributed by atoms with E-state index in [1.54, 1.807) is 7.11 Å². The molecule has 2 aromatic heterocycles. The van der Waals surface area contributed by atoms with Crippen molar-refractivity contribution in [2.75, 3.05) is 27.7 Å². The number of aromatic nitrogens is 3. The van der Waals surface area contributed by atoms with Gasteiger partial charge < -0.3 is 19.5 Å². The Morgan fingerprint density at radius 2 is 1.97 bits per heavy atom. The summed E-state index contributed by atoms with van der Waals surface area (Å²) in [5.41, 5.74) is 4.11. The van der Waals surface area contributed by atoms with Gasteiger partial charge >= 0.3 is 0 Å². The lowest BCUT2D eigenvalue weighted by atomic mass is 10.1. The van der Waals surface area contributed by atoms with Gasteiger partial charge in [-0.05, 0) is 57.6 Å². The van der Waals surface area contributed by atoms with Gasteiger partial charge in [0.1, 0.15) is 17.1 Å². The van der Waals surface area contributed by atoms with Gasteiger partial charge in [-0.15, -0.1) is 0 Å². The van der Waals surface area contributed by atoms with Crippen molar-refractivity contribution in [1.29, 1.82) is 0 Å². The molecule has 1 atom stereocenters. The number of imidazole rings is 1. The summed E-state index contributed by atoms with van der Waals surface area (Å²) in [4.78, 5) is 24.9. The Balaban J connectivity index is 1.58. The summed E-state index contributed by atoms with van der Waals surface area (Å²) < 4.78 is 7.46. The van der Waals surface area contributed by atoms with Gasteiger partial charge in [0.2, 0.25) is 0 Å². The fourth-order valence-electron chi connectivity index (χ4n) is 4.30.